The van der Waals surface area contributed by atoms with Gasteiger partial charge < -0.3 is 9.80 Å². The van der Waals surface area contributed by atoms with Crippen molar-refractivity contribution >= 4 is 74.0 Å². The third-order valence-electron chi connectivity index (χ3n) is 4.87. The number of aromatic nitrogens is 3. The van der Waals surface area contributed by atoms with Crippen LogP contribution in [0.4, 0.5) is 0 Å². The number of halogens is 1. The Kier molecular flexibility index (Phi) is 10.9. The molecule has 1 heterocycles. The van der Waals surface area contributed by atoms with Gasteiger partial charge in [-0.1, -0.05) is 64.8 Å². The Morgan fingerprint density at radius 1 is 1.00 bits per heavy atom. The summed E-state index contributed by atoms with van der Waals surface area (Å²) in [5, 5.41) is 9.05. The normalized spacial score (nSPS) is 11.0. The molecule has 1 aromatic carbocycles. The van der Waals surface area contributed by atoms with Gasteiger partial charge in [0.05, 0.1) is 11.4 Å². The summed E-state index contributed by atoms with van der Waals surface area (Å²) in [6, 6.07) is 7.23. The molecule has 0 spiro atoms. The molecule has 0 saturated carbocycles. The molecule has 0 amide bonds. The molecule has 11 heteroatoms. The first-order chi connectivity index (χ1) is 15.3. The molecule has 174 valence electrons. The Balaban J connectivity index is 2.35. The zero-order valence-electron chi connectivity index (χ0n) is 18.9. The number of ketones is 1. The van der Waals surface area contributed by atoms with Crippen LogP contribution in [0.3, 0.4) is 0 Å². The summed E-state index contributed by atoms with van der Waals surface area (Å²) in [6.07, 6.45) is 0. The highest BCUT2D eigenvalue weighted by Gasteiger charge is 2.31. The third-order valence-corrected chi connectivity index (χ3v) is 8.57. The van der Waals surface area contributed by atoms with Crippen LogP contribution in [0.2, 0.25) is 5.02 Å². The van der Waals surface area contributed by atoms with Crippen molar-refractivity contribution in [1.82, 2.24) is 24.8 Å². The maximum atomic E-state index is 13.6. The smallest absolute Gasteiger partial charge is 0.208 e. The second-order valence-electron chi connectivity index (χ2n) is 6.72. The van der Waals surface area contributed by atoms with Crippen LogP contribution in [0, 0.1) is 6.92 Å². The summed E-state index contributed by atoms with van der Waals surface area (Å²) in [6.45, 7) is 13.1. The maximum Gasteiger partial charge on any atom is 0.208 e. The van der Waals surface area contributed by atoms with Crippen LogP contribution in [0.1, 0.15) is 43.9 Å². The first-order valence-corrected chi connectivity index (χ1v) is 13.4. The number of thiocarbonyl (C=S) groups is 2. The van der Waals surface area contributed by atoms with E-state index in [9.17, 15) is 4.79 Å². The summed E-state index contributed by atoms with van der Waals surface area (Å²) < 4.78 is 2.43. The molecule has 32 heavy (non-hydrogen) atoms. The lowest BCUT2D eigenvalue weighted by atomic mass is 10.2. The molecule has 0 fully saturated rings. The highest BCUT2D eigenvalue weighted by Crippen LogP contribution is 2.32. The number of thioether (sulfide) groups is 2. The predicted octanol–water partition coefficient (Wildman–Crippen LogP) is 5.46. The zero-order valence-corrected chi connectivity index (χ0v) is 22.9. The molecule has 2 rings (SSSR count). The molecule has 0 bridgehead atoms. The number of hydrogen-bond donors (Lipinski definition) is 0. The van der Waals surface area contributed by atoms with E-state index in [1.807, 2.05) is 46.8 Å². The molecule has 0 N–H and O–H groups in total. The SMILES string of the molecule is CCN(CC)C(=S)SC(SC(=S)N(CC)CC)C(=O)c1nnn(-c2ccc(Cl)cc2)c1C. The van der Waals surface area contributed by atoms with Crippen molar-refractivity contribution in [2.24, 2.45) is 0 Å². The number of Topliss-reactive ketones (excluding diaryl/α,β-unsaturated/α-hetero) is 1. The monoisotopic (exact) mass is 529 g/mol. The molecule has 0 aliphatic rings. The average molecular weight is 530 g/mol. The summed E-state index contributed by atoms with van der Waals surface area (Å²) in [7, 11) is 0. The Morgan fingerprint density at radius 2 is 1.47 bits per heavy atom. The van der Waals surface area contributed by atoms with Crippen molar-refractivity contribution in [3.05, 3.63) is 40.7 Å². The number of carbonyl (C=O) groups is 1. The van der Waals surface area contributed by atoms with Crippen molar-refractivity contribution in [2.75, 3.05) is 26.2 Å². The molecule has 0 radical (unpaired) electrons. The lowest BCUT2D eigenvalue weighted by Crippen LogP contribution is -2.32. The molecule has 6 nitrogen and oxygen atoms in total. The van der Waals surface area contributed by atoms with Crippen LogP contribution in [-0.4, -0.2) is 70.0 Å². The molecule has 0 unspecified atom stereocenters. The number of nitrogens with zero attached hydrogens (tertiary/aromatic N) is 5. The Labute approximate surface area is 214 Å². The van der Waals surface area contributed by atoms with Crippen LogP contribution >= 0.6 is 59.6 Å². The van der Waals surface area contributed by atoms with Gasteiger partial charge in [-0.2, -0.15) is 0 Å². The minimum atomic E-state index is -0.551. The van der Waals surface area contributed by atoms with Crippen molar-refractivity contribution in [2.45, 2.75) is 39.2 Å². The predicted molar refractivity (Wildman–Crippen MR) is 145 cm³/mol. The Bertz CT molecular complexity index is 916. The minimum Gasteiger partial charge on any atom is -0.358 e. The molecule has 0 aliphatic heterocycles. The van der Waals surface area contributed by atoms with E-state index in [1.165, 1.54) is 23.5 Å². The van der Waals surface area contributed by atoms with Crippen LogP contribution in [0.15, 0.2) is 24.3 Å². The fraction of sp³-hybridized carbons (Fsp3) is 0.476. The van der Waals surface area contributed by atoms with Gasteiger partial charge in [-0.15, -0.1) is 5.10 Å². The van der Waals surface area contributed by atoms with E-state index in [2.05, 4.69) is 20.1 Å². The van der Waals surface area contributed by atoms with Crippen LogP contribution in [0.25, 0.3) is 5.69 Å². The summed E-state index contributed by atoms with van der Waals surface area (Å²) in [4.78, 5) is 17.7. The van der Waals surface area contributed by atoms with Crippen molar-refractivity contribution in [3.63, 3.8) is 0 Å². The van der Waals surface area contributed by atoms with Gasteiger partial charge in [-0.3, -0.25) is 4.79 Å². The first-order valence-electron chi connectivity index (χ1n) is 10.4. The van der Waals surface area contributed by atoms with E-state index >= 15 is 0 Å². The van der Waals surface area contributed by atoms with Crippen LogP contribution < -0.4 is 0 Å². The first kappa shape index (κ1) is 27.0. The van der Waals surface area contributed by atoms with Gasteiger partial charge >= 0.3 is 0 Å². The van der Waals surface area contributed by atoms with E-state index in [0.717, 1.165) is 31.9 Å². The van der Waals surface area contributed by atoms with E-state index in [1.54, 1.807) is 16.8 Å². The fourth-order valence-electron chi connectivity index (χ4n) is 2.92. The second kappa shape index (κ2) is 12.9. The van der Waals surface area contributed by atoms with Gasteiger partial charge in [0.1, 0.15) is 13.2 Å². The molecule has 2 aromatic rings. The van der Waals surface area contributed by atoms with Gasteiger partial charge in [0.25, 0.3) is 0 Å². The van der Waals surface area contributed by atoms with E-state index in [0.29, 0.717) is 25.1 Å². The minimum absolute atomic E-state index is 0.151. The van der Waals surface area contributed by atoms with Gasteiger partial charge in [0.15, 0.2) is 5.69 Å². The summed E-state index contributed by atoms with van der Waals surface area (Å²) >= 11 is 20.0. The van der Waals surface area contributed by atoms with Crippen molar-refractivity contribution in [3.8, 4) is 5.69 Å². The Hall–Kier alpha value is -1.20. The maximum absolute atomic E-state index is 13.6. The lowest BCUT2D eigenvalue weighted by Gasteiger charge is -2.26. The standard InChI is InChI=1S/C21H28ClN5OS4/c1-6-25(7-2)20(29)31-19(32-21(30)26(8-3)9-4)18(28)17-14(5)27(24-23-17)16-12-10-15(22)11-13-16/h10-13,19H,6-9H2,1-5H3. The highest BCUT2D eigenvalue weighted by molar-refractivity contribution is 8.37. The number of benzene rings is 1. The molecule has 0 saturated heterocycles. The highest BCUT2D eigenvalue weighted by atomic mass is 35.5. The lowest BCUT2D eigenvalue weighted by molar-refractivity contribution is 0.100. The van der Waals surface area contributed by atoms with Crippen LogP contribution in [0.5, 0.6) is 0 Å². The van der Waals surface area contributed by atoms with Crippen molar-refractivity contribution in [1.29, 1.82) is 0 Å². The number of hydrogen-bond acceptors (Lipinski definition) is 7. The number of rotatable bonds is 9. The van der Waals surface area contributed by atoms with Crippen LogP contribution in [-0.2, 0) is 0 Å². The molecule has 0 aliphatic carbocycles. The average Bonchev–Trinajstić information content (AvgIpc) is 3.16. The van der Waals surface area contributed by atoms with Gasteiger partial charge in [0, 0.05) is 31.2 Å². The number of carbonyl (C=O) groups excluding carboxylic acids is 1. The van der Waals surface area contributed by atoms with Crippen molar-refractivity contribution < 1.29 is 4.79 Å². The van der Waals surface area contributed by atoms with E-state index in [-0.39, 0.29) is 5.78 Å². The topological polar surface area (TPSA) is 54.3 Å². The third kappa shape index (κ3) is 6.66. The summed E-state index contributed by atoms with van der Waals surface area (Å²) in [5.74, 6) is -0.151. The van der Waals surface area contributed by atoms with E-state index in [4.69, 9.17) is 36.0 Å². The molecular weight excluding hydrogens is 502 g/mol. The second-order valence-corrected chi connectivity index (χ2v) is 10.9. The quantitative estimate of drug-likeness (QED) is 0.239. The summed E-state index contributed by atoms with van der Waals surface area (Å²) in [5.41, 5.74) is 1.76. The van der Waals surface area contributed by atoms with Gasteiger partial charge in [-0.05, 0) is 58.9 Å². The fourth-order valence-corrected chi connectivity index (χ4v) is 6.87. The molecule has 0 atom stereocenters. The van der Waals surface area contributed by atoms with Gasteiger partial charge in [-0.25, -0.2) is 4.68 Å². The molecule has 1 aromatic heterocycles. The Morgan fingerprint density at radius 3 is 1.91 bits per heavy atom. The van der Waals surface area contributed by atoms with E-state index < -0.39 is 4.58 Å². The molecular formula is C21H28ClN5OS4. The zero-order chi connectivity index (χ0) is 23.8. The largest absolute Gasteiger partial charge is 0.358 e. The van der Waals surface area contributed by atoms with Gasteiger partial charge in [0.2, 0.25) is 5.78 Å².